The second-order valence-electron chi connectivity index (χ2n) is 5.68. The molecule has 0 fully saturated rings. The van der Waals surface area contributed by atoms with Crippen molar-refractivity contribution in [3.8, 4) is 0 Å². The number of carbonyl (C=O) groups is 1. The summed E-state index contributed by atoms with van der Waals surface area (Å²) < 4.78 is 25.5. The summed E-state index contributed by atoms with van der Waals surface area (Å²) in [5.74, 6) is -0.448. The average Bonchev–Trinajstić information content (AvgIpc) is 2.56. The third-order valence-electron chi connectivity index (χ3n) is 3.63. The minimum absolute atomic E-state index is 0.201. The van der Waals surface area contributed by atoms with E-state index < -0.39 is 22.0 Å². The molecular weight excluding hydrogens is 419 g/mol. The Balaban J connectivity index is 2.20. The van der Waals surface area contributed by atoms with E-state index >= 15 is 0 Å². The second-order valence-corrected chi connectivity index (χ2v) is 8.79. The molecule has 1 N–H and O–H groups in total. The standard InChI is InChI=1S/C17H17Cl3N2O3S/c1-11(17(23)21-10-12-3-5-13(18)6-4-12)22(26(2,24)25)14-7-8-15(19)16(20)9-14/h3-9,11H,10H2,1-2H3,(H,21,23). The maximum Gasteiger partial charge on any atom is 0.243 e. The van der Waals surface area contributed by atoms with E-state index in [4.69, 9.17) is 34.8 Å². The summed E-state index contributed by atoms with van der Waals surface area (Å²) in [6.07, 6.45) is 1.03. The van der Waals surface area contributed by atoms with Crippen molar-refractivity contribution in [2.24, 2.45) is 0 Å². The molecule has 0 aliphatic heterocycles. The molecule has 2 rings (SSSR count). The van der Waals surface area contributed by atoms with Crippen LogP contribution < -0.4 is 9.62 Å². The molecule has 0 saturated heterocycles. The second kappa shape index (κ2) is 8.48. The van der Waals surface area contributed by atoms with E-state index in [1.165, 1.54) is 25.1 Å². The SMILES string of the molecule is CC(C(=O)NCc1ccc(Cl)cc1)N(c1ccc(Cl)c(Cl)c1)S(C)(=O)=O. The number of halogens is 3. The summed E-state index contributed by atoms with van der Waals surface area (Å²) in [6.45, 7) is 1.75. The van der Waals surface area contributed by atoms with Gasteiger partial charge in [-0.05, 0) is 42.8 Å². The Morgan fingerprint density at radius 1 is 1.08 bits per heavy atom. The highest BCUT2D eigenvalue weighted by Gasteiger charge is 2.29. The molecule has 0 saturated carbocycles. The lowest BCUT2D eigenvalue weighted by atomic mass is 10.2. The highest BCUT2D eigenvalue weighted by atomic mass is 35.5. The molecule has 0 aromatic heterocycles. The first-order chi connectivity index (χ1) is 12.1. The quantitative estimate of drug-likeness (QED) is 0.742. The van der Waals surface area contributed by atoms with Crippen molar-refractivity contribution in [3.63, 3.8) is 0 Å². The lowest BCUT2D eigenvalue weighted by molar-refractivity contribution is -0.122. The molecular formula is C17H17Cl3N2O3S. The summed E-state index contributed by atoms with van der Waals surface area (Å²) in [7, 11) is -3.73. The third-order valence-corrected chi connectivity index (χ3v) is 5.86. The van der Waals surface area contributed by atoms with Gasteiger partial charge in [-0.25, -0.2) is 8.42 Å². The molecule has 0 radical (unpaired) electrons. The molecule has 0 aliphatic rings. The van der Waals surface area contributed by atoms with Gasteiger partial charge in [-0.3, -0.25) is 9.10 Å². The summed E-state index contributed by atoms with van der Waals surface area (Å²) in [4.78, 5) is 12.5. The number of amides is 1. The number of hydrogen-bond donors (Lipinski definition) is 1. The molecule has 5 nitrogen and oxygen atoms in total. The number of anilines is 1. The first-order valence-corrected chi connectivity index (χ1v) is 10.5. The van der Waals surface area contributed by atoms with Crippen LogP contribution in [0, 0.1) is 0 Å². The van der Waals surface area contributed by atoms with E-state index in [9.17, 15) is 13.2 Å². The van der Waals surface area contributed by atoms with Crippen LogP contribution in [0.4, 0.5) is 5.69 Å². The molecule has 0 spiro atoms. The Labute approximate surface area is 167 Å². The average molecular weight is 436 g/mol. The van der Waals surface area contributed by atoms with E-state index in [1.54, 1.807) is 24.3 Å². The Hall–Kier alpha value is -1.47. The van der Waals surface area contributed by atoms with Crippen molar-refractivity contribution in [2.75, 3.05) is 10.6 Å². The van der Waals surface area contributed by atoms with Gasteiger partial charge in [-0.2, -0.15) is 0 Å². The predicted molar refractivity (Wildman–Crippen MR) is 107 cm³/mol. The summed E-state index contributed by atoms with van der Waals surface area (Å²) in [6, 6.07) is 10.4. The van der Waals surface area contributed by atoms with Crippen LogP contribution in [-0.2, 0) is 21.4 Å². The van der Waals surface area contributed by atoms with Crippen molar-refractivity contribution in [1.82, 2.24) is 5.32 Å². The maximum atomic E-state index is 12.5. The monoisotopic (exact) mass is 434 g/mol. The lowest BCUT2D eigenvalue weighted by Crippen LogP contribution is -2.47. The topological polar surface area (TPSA) is 66.5 Å². The van der Waals surface area contributed by atoms with E-state index in [0.717, 1.165) is 16.1 Å². The third kappa shape index (κ3) is 5.27. The van der Waals surface area contributed by atoms with Crippen molar-refractivity contribution < 1.29 is 13.2 Å². The fourth-order valence-electron chi connectivity index (χ4n) is 2.37. The fraction of sp³-hybridized carbons (Fsp3) is 0.235. The van der Waals surface area contributed by atoms with Gasteiger partial charge in [0.1, 0.15) is 6.04 Å². The Kier molecular flexibility index (Phi) is 6.80. The molecule has 1 unspecified atom stereocenters. The van der Waals surface area contributed by atoms with Gasteiger partial charge in [0.05, 0.1) is 22.0 Å². The van der Waals surface area contributed by atoms with Gasteiger partial charge >= 0.3 is 0 Å². The van der Waals surface area contributed by atoms with Crippen molar-refractivity contribution >= 4 is 56.4 Å². The van der Waals surface area contributed by atoms with Crippen LogP contribution in [0.2, 0.25) is 15.1 Å². The number of benzene rings is 2. The minimum Gasteiger partial charge on any atom is -0.350 e. The van der Waals surface area contributed by atoms with Crippen LogP contribution in [0.5, 0.6) is 0 Å². The normalized spacial score (nSPS) is 12.5. The van der Waals surface area contributed by atoms with Gasteiger partial charge < -0.3 is 5.32 Å². The number of rotatable bonds is 6. The largest absolute Gasteiger partial charge is 0.350 e. The molecule has 140 valence electrons. The molecule has 1 atom stereocenters. The fourth-order valence-corrected chi connectivity index (χ4v) is 3.96. The van der Waals surface area contributed by atoms with E-state index in [1.807, 2.05) is 0 Å². The maximum absolute atomic E-state index is 12.5. The number of hydrogen-bond acceptors (Lipinski definition) is 3. The molecule has 9 heteroatoms. The number of nitrogens with zero attached hydrogens (tertiary/aromatic N) is 1. The van der Waals surface area contributed by atoms with Crippen LogP contribution in [0.3, 0.4) is 0 Å². The smallest absolute Gasteiger partial charge is 0.243 e. The van der Waals surface area contributed by atoms with Gasteiger partial charge in [0.25, 0.3) is 0 Å². The van der Waals surface area contributed by atoms with Gasteiger partial charge in [-0.1, -0.05) is 46.9 Å². The van der Waals surface area contributed by atoms with Gasteiger partial charge in [0, 0.05) is 11.6 Å². The zero-order valence-electron chi connectivity index (χ0n) is 14.0. The van der Waals surface area contributed by atoms with E-state index in [0.29, 0.717) is 10.0 Å². The molecule has 2 aromatic carbocycles. The van der Waals surface area contributed by atoms with Crippen molar-refractivity contribution in [3.05, 3.63) is 63.1 Å². The summed E-state index contributed by atoms with van der Waals surface area (Å²) in [5.41, 5.74) is 1.10. The van der Waals surface area contributed by atoms with Crippen LogP contribution in [0.25, 0.3) is 0 Å². The van der Waals surface area contributed by atoms with Crippen LogP contribution in [-0.4, -0.2) is 26.6 Å². The molecule has 0 aliphatic carbocycles. The van der Waals surface area contributed by atoms with E-state index in [2.05, 4.69) is 5.32 Å². The first kappa shape index (κ1) is 20.8. The van der Waals surface area contributed by atoms with Crippen LogP contribution in [0.15, 0.2) is 42.5 Å². The zero-order valence-corrected chi connectivity index (χ0v) is 17.1. The predicted octanol–water partition coefficient (Wildman–Crippen LogP) is 4.12. The molecule has 0 bridgehead atoms. The zero-order chi connectivity index (χ0) is 19.5. The summed E-state index contributed by atoms with van der Waals surface area (Å²) in [5, 5.41) is 3.81. The van der Waals surface area contributed by atoms with E-state index in [-0.39, 0.29) is 17.3 Å². The van der Waals surface area contributed by atoms with Crippen molar-refractivity contribution in [2.45, 2.75) is 19.5 Å². The molecule has 1 amide bonds. The number of nitrogens with one attached hydrogen (secondary N) is 1. The number of carbonyl (C=O) groups excluding carboxylic acids is 1. The van der Waals surface area contributed by atoms with Gasteiger partial charge in [0.15, 0.2) is 0 Å². The number of sulfonamides is 1. The van der Waals surface area contributed by atoms with Crippen LogP contribution >= 0.6 is 34.8 Å². The van der Waals surface area contributed by atoms with Crippen LogP contribution in [0.1, 0.15) is 12.5 Å². The highest BCUT2D eigenvalue weighted by molar-refractivity contribution is 7.92. The van der Waals surface area contributed by atoms with Gasteiger partial charge in [0.2, 0.25) is 15.9 Å². The molecule has 0 heterocycles. The minimum atomic E-state index is -3.73. The Morgan fingerprint density at radius 2 is 1.69 bits per heavy atom. The first-order valence-electron chi connectivity index (χ1n) is 7.56. The van der Waals surface area contributed by atoms with Gasteiger partial charge in [-0.15, -0.1) is 0 Å². The summed E-state index contributed by atoms with van der Waals surface area (Å²) >= 11 is 17.7. The highest BCUT2D eigenvalue weighted by Crippen LogP contribution is 2.29. The Bertz CT molecular complexity index is 902. The van der Waals surface area contributed by atoms with Crippen molar-refractivity contribution in [1.29, 1.82) is 0 Å². The Morgan fingerprint density at radius 3 is 2.23 bits per heavy atom. The lowest BCUT2D eigenvalue weighted by Gasteiger charge is -2.28. The molecule has 26 heavy (non-hydrogen) atoms. The molecule has 2 aromatic rings.